The summed E-state index contributed by atoms with van der Waals surface area (Å²) in [7, 11) is 1.46. The number of hydrogen-bond acceptors (Lipinski definition) is 7. The van der Waals surface area contributed by atoms with Crippen LogP contribution in [0.5, 0.6) is 0 Å². The Morgan fingerprint density at radius 3 is 1.44 bits per heavy atom. The highest BCUT2D eigenvalue weighted by atomic mass is 31.2. The van der Waals surface area contributed by atoms with Crippen molar-refractivity contribution in [3.63, 3.8) is 0 Å². The highest BCUT2D eigenvalue weighted by Crippen LogP contribution is 2.43. The number of ether oxygens (including phenoxy) is 2. The smallest absolute Gasteiger partial charge is 0.462 e. The number of carbonyl (C=O) groups excluding carboxylic acids is 2. The quantitative estimate of drug-likeness (QED) is 0.0213. The van der Waals surface area contributed by atoms with Gasteiger partial charge < -0.3 is 18.9 Å². The molecule has 0 heterocycles. The zero-order chi connectivity index (χ0) is 42.1. The molecular formula is C47H87NO8P+. The van der Waals surface area contributed by atoms with Crippen molar-refractivity contribution in [3.8, 4) is 0 Å². The fraction of sp³-hybridized carbons (Fsp3) is 0.787. The second-order valence-electron chi connectivity index (χ2n) is 16.4. The second kappa shape index (κ2) is 39.4. The van der Waals surface area contributed by atoms with E-state index in [1.807, 2.05) is 21.1 Å². The van der Waals surface area contributed by atoms with E-state index in [1.165, 1.54) is 83.5 Å². The first-order chi connectivity index (χ1) is 27.5. The molecule has 57 heavy (non-hydrogen) atoms. The summed E-state index contributed by atoms with van der Waals surface area (Å²) in [6, 6.07) is 0. The Morgan fingerprint density at radius 2 is 0.965 bits per heavy atom. The van der Waals surface area contributed by atoms with Crippen LogP contribution in [0.15, 0.2) is 48.6 Å². The normalized spacial score (nSPS) is 14.0. The molecule has 0 aliphatic rings. The summed E-state index contributed by atoms with van der Waals surface area (Å²) < 4.78 is 34.3. The van der Waals surface area contributed by atoms with E-state index in [0.29, 0.717) is 17.4 Å². The van der Waals surface area contributed by atoms with E-state index in [2.05, 4.69) is 62.5 Å². The molecule has 0 aromatic heterocycles. The van der Waals surface area contributed by atoms with E-state index in [9.17, 15) is 19.0 Å². The van der Waals surface area contributed by atoms with Crippen LogP contribution >= 0.6 is 7.82 Å². The largest absolute Gasteiger partial charge is 0.472 e. The van der Waals surface area contributed by atoms with Crippen LogP contribution in [0.2, 0.25) is 0 Å². The van der Waals surface area contributed by atoms with Gasteiger partial charge >= 0.3 is 19.8 Å². The van der Waals surface area contributed by atoms with Crippen molar-refractivity contribution in [1.82, 2.24) is 0 Å². The third-order valence-electron chi connectivity index (χ3n) is 9.58. The van der Waals surface area contributed by atoms with Gasteiger partial charge in [-0.25, -0.2) is 4.57 Å². The van der Waals surface area contributed by atoms with Gasteiger partial charge in [0.25, 0.3) is 0 Å². The molecule has 332 valence electrons. The maximum absolute atomic E-state index is 12.7. The number of nitrogens with zero attached hydrogens (tertiary/aromatic N) is 1. The first-order valence-electron chi connectivity index (χ1n) is 22.9. The zero-order valence-electron chi connectivity index (χ0n) is 37.3. The number of phosphoric ester groups is 1. The Morgan fingerprint density at radius 1 is 0.544 bits per heavy atom. The summed E-state index contributed by atoms with van der Waals surface area (Å²) in [5.41, 5.74) is 0. The lowest BCUT2D eigenvalue weighted by molar-refractivity contribution is -0.870. The molecule has 0 radical (unpaired) electrons. The fourth-order valence-electron chi connectivity index (χ4n) is 5.94. The standard InChI is InChI=1S/C47H86NO8P/c1-6-8-10-12-14-16-18-20-22-23-24-25-26-28-29-31-33-35-37-39-46(49)53-43-45(44-55-57(51,52)54-42-41-48(3,4)5)56-47(50)40-38-36-34-32-30-27-21-19-17-15-13-11-9-7-2/h13-16,19-22,45H,6-12,17-18,23-44H2,1-5H3/p+1/b15-13-,16-14-,21-19-,22-20-/t45-/m1/s1. The van der Waals surface area contributed by atoms with Crippen molar-refractivity contribution in [1.29, 1.82) is 0 Å². The SMILES string of the molecule is CCCC/C=C\C/C=C\CCCCCCCC(=O)O[C@H](COC(=O)CCCCCCCCCCC/C=C\C/C=C\CCCCC)COP(=O)(O)OCC[N+](C)(C)C. The molecule has 0 bridgehead atoms. The van der Waals surface area contributed by atoms with E-state index in [-0.39, 0.29) is 32.0 Å². The first-order valence-corrected chi connectivity index (χ1v) is 24.4. The molecular weight excluding hydrogens is 737 g/mol. The number of allylic oxidation sites excluding steroid dienone is 8. The molecule has 0 rings (SSSR count). The minimum absolute atomic E-state index is 0.0268. The number of quaternary nitrogens is 1. The van der Waals surface area contributed by atoms with Crippen molar-refractivity contribution < 1.29 is 42.1 Å². The Bertz CT molecular complexity index is 1110. The number of rotatable bonds is 41. The number of phosphoric acid groups is 1. The molecule has 0 saturated heterocycles. The molecule has 0 spiro atoms. The molecule has 0 aliphatic carbocycles. The number of likely N-dealkylation sites (N-methyl/N-ethyl adjacent to an activating group) is 1. The maximum Gasteiger partial charge on any atom is 0.472 e. The summed E-state index contributed by atoms with van der Waals surface area (Å²) in [4.78, 5) is 35.4. The summed E-state index contributed by atoms with van der Waals surface area (Å²) in [5.74, 6) is -0.820. The van der Waals surface area contributed by atoms with Crippen LogP contribution in [0.1, 0.15) is 187 Å². The lowest BCUT2D eigenvalue weighted by Gasteiger charge is -2.24. The van der Waals surface area contributed by atoms with E-state index in [1.54, 1.807) is 0 Å². The Balaban J connectivity index is 4.33. The Labute approximate surface area is 350 Å². The summed E-state index contributed by atoms with van der Waals surface area (Å²) in [5, 5.41) is 0. The van der Waals surface area contributed by atoms with Crippen LogP contribution in [0.25, 0.3) is 0 Å². The molecule has 0 aromatic carbocycles. The molecule has 0 amide bonds. The van der Waals surface area contributed by atoms with Gasteiger partial charge in [-0.05, 0) is 70.6 Å². The van der Waals surface area contributed by atoms with Crippen LogP contribution in [0, 0.1) is 0 Å². The minimum atomic E-state index is -4.38. The second-order valence-corrected chi connectivity index (χ2v) is 17.9. The van der Waals surface area contributed by atoms with Crippen LogP contribution in [0.4, 0.5) is 0 Å². The van der Waals surface area contributed by atoms with Crippen LogP contribution in [0.3, 0.4) is 0 Å². The molecule has 0 aromatic rings. The highest BCUT2D eigenvalue weighted by Gasteiger charge is 2.27. The van der Waals surface area contributed by atoms with Crippen molar-refractivity contribution in [3.05, 3.63) is 48.6 Å². The molecule has 0 aliphatic heterocycles. The topological polar surface area (TPSA) is 108 Å². The predicted octanol–water partition coefficient (Wildman–Crippen LogP) is 13.1. The van der Waals surface area contributed by atoms with Crippen molar-refractivity contribution in [2.24, 2.45) is 0 Å². The first kappa shape index (κ1) is 55.0. The Hall–Kier alpha value is -2.03. The average Bonchev–Trinajstić information content (AvgIpc) is 3.16. The van der Waals surface area contributed by atoms with Gasteiger partial charge in [0.1, 0.15) is 19.8 Å². The van der Waals surface area contributed by atoms with Crippen molar-refractivity contribution in [2.75, 3.05) is 47.5 Å². The summed E-state index contributed by atoms with van der Waals surface area (Å²) in [6.07, 6.45) is 45.8. The minimum Gasteiger partial charge on any atom is -0.462 e. The molecule has 1 unspecified atom stereocenters. The Kier molecular flexibility index (Phi) is 38.0. The molecule has 9 nitrogen and oxygen atoms in total. The lowest BCUT2D eigenvalue weighted by atomic mass is 10.1. The molecule has 1 N–H and O–H groups in total. The van der Waals surface area contributed by atoms with E-state index in [4.69, 9.17) is 18.5 Å². The maximum atomic E-state index is 12.7. The zero-order valence-corrected chi connectivity index (χ0v) is 38.2. The molecule has 0 saturated carbocycles. The highest BCUT2D eigenvalue weighted by molar-refractivity contribution is 7.47. The monoisotopic (exact) mass is 825 g/mol. The fourth-order valence-corrected chi connectivity index (χ4v) is 6.68. The van der Waals surface area contributed by atoms with E-state index in [0.717, 1.165) is 70.6 Å². The van der Waals surface area contributed by atoms with Gasteiger partial charge in [-0.3, -0.25) is 18.6 Å². The predicted molar refractivity (Wildman–Crippen MR) is 238 cm³/mol. The van der Waals surface area contributed by atoms with Crippen molar-refractivity contribution >= 4 is 19.8 Å². The summed E-state index contributed by atoms with van der Waals surface area (Å²) >= 11 is 0. The number of carbonyl (C=O) groups is 2. The summed E-state index contributed by atoms with van der Waals surface area (Å²) in [6.45, 7) is 4.33. The van der Waals surface area contributed by atoms with Crippen LogP contribution in [-0.4, -0.2) is 74.9 Å². The third-order valence-corrected chi connectivity index (χ3v) is 10.6. The van der Waals surface area contributed by atoms with Gasteiger partial charge in [-0.1, -0.05) is 152 Å². The average molecular weight is 825 g/mol. The number of unbranched alkanes of at least 4 members (excludes halogenated alkanes) is 19. The van der Waals surface area contributed by atoms with E-state index >= 15 is 0 Å². The third kappa shape index (κ3) is 43.4. The molecule has 2 atom stereocenters. The van der Waals surface area contributed by atoms with Gasteiger partial charge in [0.2, 0.25) is 0 Å². The van der Waals surface area contributed by atoms with E-state index < -0.39 is 26.5 Å². The number of esters is 2. The van der Waals surface area contributed by atoms with Gasteiger partial charge in [-0.2, -0.15) is 0 Å². The molecule has 0 fully saturated rings. The van der Waals surface area contributed by atoms with Gasteiger partial charge in [0, 0.05) is 12.8 Å². The lowest BCUT2D eigenvalue weighted by Crippen LogP contribution is -2.37. The number of hydrogen-bond donors (Lipinski definition) is 1. The van der Waals surface area contributed by atoms with Gasteiger partial charge in [-0.15, -0.1) is 0 Å². The van der Waals surface area contributed by atoms with Crippen LogP contribution < -0.4 is 0 Å². The van der Waals surface area contributed by atoms with Gasteiger partial charge in [0.05, 0.1) is 27.7 Å². The van der Waals surface area contributed by atoms with Crippen LogP contribution in [-0.2, 0) is 32.7 Å². The van der Waals surface area contributed by atoms with Crippen molar-refractivity contribution in [2.45, 2.75) is 193 Å². The molecule has 10 heteroatoms. The van der Waals surface area contributed by atoms with Gasteiger partial charge in [0.15, 0.2) is 6.10 Å².